The molecule has 1 aliphatic rings. The van der Waals surface area contributed by atoms with Gasteiger partial charge in [-0.25, -0.2) is 4.98 Å². The normalized spacial score (nSPS) is 21.4. The molecule has 1 aliphatic carbocycles. The molecule has 21 heavy (non-hydrogen) atoms. The highest BCUT2D eigenvalue weighted by molar-refractivity contribution is 6.31. The van der Waals surface area contributed by atoms with Gasteiger partial charge in [0.05, 0.1) is 17.9 Å². The maximum absolute atomic E-state index is 12.4. The highest BCUT2D eigenvalue weighted by Gasteiger charge is 2.30. The number of nitrogens with one attached hydrogen (secondary N) is 1. The number of aromatic nitrogens is 2. The third kappa shape index (κ3) is 2.88. The van der Waals surface area contributed by atoms with Gasteiger partial charge >= 0.3 is 0 Å². The molecule has 1 heterocycles. The number of rotatable bonds is 3. The summed E-state index contributed by atoms with van der Waals surface area (Å²) < 4.78 is 2.06. The number of halogens is 1. The molecule has 0 radical (unpaired) electrons. The number of amides is 1. The maximum atomic E-state index is 12.4. The minimum absolute atomic E-state index is 0.0989. The molecule has 1 saturated carbocycles. The monoisotopic (exact) mass is 304 g/mol. The SMILES string of the molecule is Nc1cc(Cl)ccc1C(=O)NC1CCCC1n1ccnc1. The van der Waals surface area contributed by atoms with Crippen LogP contribution in [0.5, 0.6) is 0 Å². The van der Waals surface area contributed by atoms with Crippen molar-refractivity contribution in [3.8, 4) is 0 Å². The lowest BCUT2D eigenvalue weighted by Crippen LogP contribution is -2.38. The quantitative estimate of drug-likeness (QED) is 0.856. The van der Waals surface area contributed by atoms with Crippen LogP contribution in [0.2, 0.25) is 5.02 Å². The molecule has 0 saturated heterocycles. The summed E-state index contributed by atoms with van der Waals surface area (Å²) in [5.74, 6) is -0.152. The lowest BCUT2D eigenvalue weighted by atomic mass is 10.1. The number of hydrogen-bond donors (Lipinski definition) is 2. The average Bonchev–Trinajstić information content (AvgIpc) is 3.08. The summed E-state index contributed by atoms with van der Waals surface area (Å²) in [4.78, 5) is 16.5. The van der Waals surface area contributed by atoms with E-state index in [-0.39, 0.29) is 18.0 Å². The molecular formula is C15H17ClN4O. The zero-order valence-corrected chi connectivity index (χ0v) is 12.3. The number of hydrogen-bond acceptors (Lipinski definition) is 3. The first kappa shape index (κ1) is 13.9. The van der Waals surface area contributed by atoms with Crippen LogP contribution in [0.25, 0.3) is 0 Å². The van der Waals surface area contributed by atoms with E-state index in [1.54, 1.807) is 30.7 Å². The minimum atomic E-state index is -0.152. The van der Waals surface area contributed by atoms with Crippen LogP contribution < -0.4 is 11.1 Å². The second-order valence-corrected chi connectivity index (χ2v) is 5.76. The molecule has 3 N–H and O–H groups in total. The fourth-order valence-corrected chi connectivity index (χ4v) is 3.10. The molecule has 1 fully saturated rings. The van der Waals surface area contributed by atoms with Gasteiger partial charge in [-0.2, -0.15) is 0 Å². The van der Waals surface area contributed by atoms with Crippen LogP contribution in [0.4, 0.5) is 5.69 Å². The average molecular weight is 305 g/mol. The number of nitrogen functional groups attached to an aromatic ring is 1. The molecule has 6 heteroatoms. The smallest absolute Gasteiger partial charge is 0.253 e. The molecule has 0 aliphatic heterocycles. The van der Waals surface area contributed by atoms with Gasteiger partial charge < -0.3 is 15.6 Å². The van der Waals surface area contributed by atoms with Crippen LogP contribution in [0.3, 0.4) is 0 Å². The molecule has 0 spiro atoms. The molecule has 110 valence electrons. The van der Waals surface area contributed by atoms with E-state index in [0.717, 1.165) is 19.3 Å². The van der Waals surface area contributed by atoms with Crippen LogP contribution in [0.1, 0.15) is 35.7 Å². The number of carbonyl (C=O) groups is 1. The van der Waals surface area contributed by atoms with Gasteiger partial charge in [0.1, 0.15) is 0 Å². The Morgan fingerprint density at radius 3 is 3.00 bits per heavy atom. The standard InChI is InChI=1S/C15H17ClN4O/c16-10-4-5-11(12(17)8-10)15(21)19-13-2-1-3-14(13)20-7-6-18-9-20/h4-9,13-14H,1-3,17H2,(H,19,21). The van der Waals surface area contributed by atoms with Gasteiger partial charge in [-0.1, -0.05) is 11.6 Å². The first-order chi connectivity index (χ1) is 10.1. The van der Waals surface area contributed by atoms with Crippen molar-refractivity contribution >= 4 is 23.2 Å². The van der Waals surface area contributed by atoms with E-state index >= 15 is 0 Å². The van der Waals surface area contributed by atoms with Crippen molar-refractivity contribution in [2.24, 2.45) is 0 Å². The lowest BCUT2D eigenvalue weighted by Gasteiger charge is -2.22. The molecule has 2 atom stereocenters. The van der Waals surface area contributed by atoms with Crippen molar-refractivity contribution in [1.29, 1.82) is 0 Å². The summed E-state index contributed by atoms with van der Waals surface area (Å²) in [6.07, 6.45) is 8.58. The Morgan fingerprint density at radius 2 is 2.29 bits per heavy atom. The molecule has 3 rings (SSSR count). The Morgan fingerprint density at radius 1 is 1.43 bits per heavy atom. The molecule has 1 aromatic heterocycles. The van der Waals surface area contributed by atoms with E-state index in [0.29, 0.717) is 16.3 Å². The molecule has 2 aromatic rings. The fraction of sp³-hybridized carbons (Fsp3) is 0.333. The second-order valence-electron chi connectivity index (χ2n) is 5.32. The summed E-state index contributed by atoms with van der Waals surface area (Å²) in [5, 5.41) is 3.61. The van der Waals surface area contributed by atoms with E-state index in [4.69, 9.17) is 17.3 Å². The number of anilines is 1. The lowest BCUT2D eigenvalue weighted by molar-refractivity contribution is 0.0930. The van der Waals surface area contributed by atoms with E-state index < -0.39 is 0 Å². The highest BCUT2D eigenvalue weighted by Crippen LogP contribution is 2.30. The van der Waals surface area contributed by atoms with Crippen LogP contribution >= 0.6 is 11.6 Å². The largest absolute Gasteiger partial charge is 0.398 e. The second kappa shape index (κ2) is 5.77. The molecule has 0 bridgehead atoms. The van der Waals surface area contributed by atoms with Crippen molar-refractivity contribution < 1.29 is 4.79 Å². The zero-order chi connectivity index (χ0) is 14.8. The minimum Gasteiger partial charge on any atom is -0.398 e. The molecule has 1 aromatic carbocycles. The number of nitrogens with two attached hydrogens (primary N) is 1. The zero-order valence-electron chi connectivity index (χ0n) is 11.5. The molecule has 5 nitrogen and oxygen atoms in total. The van der Waals surface area contributed by atoms with Crippen molar-refractivity contribution in [3.63, 3.8) is 0 Å². The van der Waals surface area contributed by atoms with E-state index in [1.165, 1.54) is 0 Å². The number of benzene rings is 1. The molecular weight excluding hydrogens is 288 g/mol. The third-order valence-electron chi connectivity index (χ3n) is 3.96. The Balaban J connectivity index is 1.75. The predicted octanol–water partition coefficient (Wildman–Crippen LogP) is 2.64. The summed E-state index contributed by atoms with van der Waals surface area (Å²) in [7, 11) is 0. The summed E-state index contributed by atoms with van der Waals surface area (Å²) in [5.41, 5.74) is 6.73. The molecule has 2 unspecified atom stereocenters. The number of imidazole rings is 1. The predicted molar refractivity (Wildman–Crippen MR) is 82.2 cm³/mol. The molecule has 1 amide bonds. The van der Waals surface area contributed by atoms with Crippen molar-refractivity contribution in [3.05, 3.63) is 47.5 Å². The first-order valence-corrected chi connectivity index (χ1v) is 7.36. The highest BCUT2D eigenvalue weighted by atomic mass is 35.5. The van der Waals surface area contributed by atoms with Gasteiger partial charge in [0.25, 0.3) is 5.91 Å². The van der Waals surface area contributed by atoms with Crippen molar-refractivity contribution in [2.45, 2.75) is 31.3 Å². The Labute approximate surface area is 128 Å². The summed E-state index contributed by atoms with van der Waals surface area (Å²) in [6.45, 7) is 0. The van der Waals surface area contributed by atoms with E-state index in [1.807, 2.05) is 6.20 Å². The summed E-state index contributed by atoms with van der Waals surface area (Å²) in [6, 6.07) is 5.29. The van der Waals surface area contributed by atoms with E-state index in [9.17, 15) is 4.79 Å². The Kier molecular flexibility index (Phi) is 3.84. The Hall–Kier alpha value is -2.01. The van der Waals surface area contributed by atoms with Crippen molar-refractivity contribution in [2.75, 3.05) is 5.73 Å². The van der Waals surface area contributed by atoms with Crippen LogP contribution in [0.15, 0.2) is 36.9 Å². The Bertz CT molecular complexity index is 641. The van der Waals surface area contributed by atoms with Gasteiger partial charge in [-0.15, -0.1) is 0 Å². The van der Waals surface area contributed by atoms with Crippen LogP contribution in [-0.2, 0) is 0 Å². The number of nitrogens with zero attached hydrogens (tertiary/aromatic N) is 2. The topological polar surface area (TPSA) is 72.9 Å². The fourth-order valence-electron chi connectivity index (χ4n) is 2.92. The third-order valence-corrected chi connectivity index (χ3v) is 4.20. The maximum Gasteiger partial charge on any atom is 0.253 e. The van der Waals surface area contributed by atoms with Crippen LogP contribution in [-0.4, -0.2) is 21.5 Å². The number of carbonyl (C=O) groups excluding carboxylic acids is 1. The van der Waals surface area contributed by atoms with Gasteiger partial charge in [-0.05, 0) is 37.5 Å². The van der Waals surface area contributed by atoms with Crippen molar-refractivity contribution in [1.82, 2.24) is 14.9 Å². The van der Waals surface area contributed by atoms with Gasteiger partial charge in [0.2, 0.25) is 0 Å². The van der Waals surface area contributed by atoms with Crippen LogP contribution in [0, 0.1) is 0 Å². The summed E-state index contributed by atoms with van der Waals surface area (Å²) >= 11 is 5.86. The van der Waals surface area contributed by atoms with Gasteiger partial charge in [0.15, 0.2) is 0 Å². The first-order valence-electron chi connectivity index (χ1n) is 6.98. The van der Waals surface area contributed by atoms with Gasteiger partial charge in [-0.3, -0.25) is 4.79 Å². The van der Waals surface area contributed by atoms with E-state index in [2.05, 4.69) is 14.9 Å². The van der Waals surface area contributed by atoms with Gasteiger partial charge in [0, 0.05) is 29.1 Å².